The van der Waals surface area contributed by atoms with E-state index >= 15 is 0 Å². The number of carbonyl (C=O) groups is 2. The molecule has 2 aliphatic rings. The van der Waals surface area contributed by atoms with Gasteiger partial charge in [0.15, 0.2) is 0 Å². The maximum absolute atomic E-state index is 12.4. The number of hydrogen-bond donors (Lipinski definition) is 2. The van der Waals surface area contributed by atoms with Crippen molar-refractivity contribution >= 4 is 28.7 Å². The molecule has 0 bridgehead atoms. The Kier molecular flexibility index (Phi) is 8.24. The van der Waals surface area contributed by atoms with Crippen LogP contribution < -0.4 is 20.1 Å². The normalized spacial score (nSPS) is 15.9. The standard InChI is InChI=1S/C32H40N4O5/c1-20-16-24(8-9-26(20)35-30(37)34-23-6-7-23)40-28-10-13-33-27-18-29(21(2)17-25(27)28)39-19-22-11-14-36(15-12-22)31(38)41-32(3,4)5/h8-10,13,16-18,22-23H,6-7,11-12,14-15,19H2,1-5H3,(H2,34,35,37). The smallest absolute Gasteiger partial charge is 0.410 e. The van der Waals surface area contributed by atoms with Crippen LogP contribution in [-0.2, 0) is 4.74 Å². The number of urea groups is 1. The molecule has 1 aliphatic heterocycles. The summed E-state index contributed by atoms with van der Waals surface area (Å²) < 4.78 is 18.0. The average molecular weight is 561 g/mol. The molecule has 3 aromatic rings. The van der Waals surface area contributed by atoms with Crippen molar-refractivity contribution in [3.05, 3.63) is 53.7 Å². The molecule has 218 valence electrons. The minimum Gasteiger partial charge on any atom is -0.493 e. The molecule has 0 atom stereocenters. The lowest BCUT2D eigenvalue weighted by Crippen LogP contribution is -2.42. The molecule has 3 amide bonds. The molecule has 2 N–H and O–H groups in total. The SMILES string of the molecule is Cc1cc(Oc2ccnc3cc(OCC4CCN(C(=O)OC(C)(C)C)CC4)c(C)cc23)ccc1NC(=O)NC1CC1. The minimum absolute atomic E-state index is 0.177. The molecule has 0 spiro atoms. The van der Waals surface area contributed by atoms with Gasteiger partial charge in [-0.3, -0.25) is 4.98 Å². The molecule has 41 heavy (non-hydrogen) atoms. The van der Waals surface area contributed by atoms with Crippen LogP contribution in [0, 0.1) is 19.8 Å². The highest BCUT2D eigenvalue weighted by Gasteiger charge is 2.27. The number of carbonyl (C=O) groups excluding carboxylic acids is 2. The fraction of sp³-hybridized carbons (Fsp3) is 0.469. The van der Waals surface area contributed by atoms with E-state index in [1.54, 1.807) is 11.1 Å². The Labute approximate surface area is 241 Å². The number of aryl methyl sites for hydroxylation is 2. The van der Waals surface area contributed by atoms with Crippen LogP contribution in [0.15, 0.2) is 42.6 Å². The van der Waals surface area contributed by atoms with Gasteiger partial charge < -0.3 is 29.7 Å². The average Bonchev–Trinajstić information content (AvgIpc) is 3.73. The van der Waals surface area contributed by atoms with Gasteiger partial charge in [-0.2, -0.15) is 0 Å². The van der Waals surface area contributed by atoms with Crippen molar-refractivity contribution in [3.8, 4) is 17.2 Å². The first-order chi connectivity index (χ1) is 19.5. The Morgan fingerprint density at radius 1 is 0.976 bits per heavy atom. The maximum Gasteiger partial charge on any atom is 0.410 e. The molecule has 1 aromatic heterocycles. The largest absolute Gasteiger partial charge is 0.493 e. The van der Waals surface area contributed by atoms with E-state index in [0.717, 1.165) is 59.2 Å². The molecule has 2 fully saturated rings. The van der Waals surface area contributed by atoms with E-state index in [1.165, 1.54) is 0 Å². The predicted molar refractivity (Wildman–Crippen MR) is 159 cm³/mol. The number of benzene rings is 2. The summed E-state index contributed by atoms with van der Waals surface area (Å²) in [4.78, 5) is 30.8. The van der Waals surface area contributed by atoms with Crippen molar-refractivity contribution in [1.82, 2.24) is 15.2 Å². The zero-order valence-corrected chi connectivity index (χ0v) is 24.6. The molecule has 1 saturated heterocycles. The number of rotatable bonds is 7. The highest BCUT2D eigenvalue weighted by atomic mass is 16.6. The first kappa shape index (κ1) is 28.5. The number of aromatic nitrogens is 1. The van der Waals surface area contributed by atoms with Crippen LogP contribution in [0.1, 0.15) is 57.6 Å². The quantitative estimate of drug-likeness (QED) is 0.324. The molecule has 9 nitrogen and oxygen atoms in total. The summed E-state index contributed by atoms with van der Waals surface area (Å²) in [6.45, 7) is 11.6. The van der Waals surface area contributed by atoms with Crippen molar-refractivity contribution in [3.63, 3.8) is 0 Å². The van der Waals surface area contributed by atoms with E-state index in [4.69, 9.17) is 14.2 Å². The van der Waals surface area contributed by atoms with Gasteiger partial charge in [0.1, 0.15) is 22.8 Å². The van der Waals surface area contributed by atoms with Crippen LogP contribution >= 0.6 is 0 Å². The number of likely N-dealkylation sites (tertiary alicyclic amines) is 1. The summed E-state index contributed by atoms with van der Waals surface area (Å²) in [6, 6.07) is 11.6. The van der Waals surface area contributed by atoms with E-state index in [9.17, 15) is 9.59 Å². The van der Waals surface area contributed by atoms with E-state index in [2.05, 4.69) is 15.6 Å². The zero-order chi connectivity index (χ0) is 29.1. The molecule has 1 saturated carbocycles. The summed E-state index contributed by atoms with van der Waals surface area (Å²) in [5, 5.41) is 6.75. The van der Waals surface area contributed by atoms with Gasteiger partial charge in [-0.25, -0.2) is 9.59 Å². The number of nitrogens with zero attached hydrogens (tertiary/aromatic N) is 2. The van der Waals surface area contributed by atoms with Gasteiger partial charge in [0.2, 0.25) is 0 Å². The Balaban J connectivity index is 1.20. The molecular formula is C32H40N4O5. The molecule has 1 aliphatic carbocycles. The van der Waals surface area contributed by atoms with Gasteiger partial charge in [0.25, 0.3) is 0 Å². The first-order valence-corrected chi connectivity index (χ1v) is 14.4. The predicted octanol–water partition coefficient (Wildman–Crippen LogP) is 6.95. The topological polar surface area (TPSA) is 102 Å². The fourth-order valence-corrected chi connectivity index (χ4v) is 4.86. The second kappa shape index (κ2) is 11.8. The van der Waals surface area contributed by atoms with Gasteiger partial charge in [0, 0.05) is 42.5 Å². The number of anilines is 1. The Morgan fingerprint density at radius 2 is 1.73 bits per heavy atom. The summed E-state index contributed by atoms with van der Waals surface area (Å²) >= 11 is 0. The van der Waals surface area contributed by atoms with Crippen LogP contribution in [0.25, 0.3) is 10.9 Å². The van der Waals surface area contributed by atoms with Crippen molar-refractivity contribution in [2.75, 3.05) is 25.0 Å². The van der Waals surface area contributed by atoms with Crippen molar-refractivity contribution in [2.45, 2.75) is 71.9 Å². The van der Waals surface area contributed by atoms with Gasteiger partial charge in [-0.05, 0) is 108 Å². The molecule has 2 aromatic carbocycles. The summed E-state index contributed by atoms with van der Waals surface area (Å²) in [7, 11) is 0. The zero-order valence-electron chi connectivity index (χ0n) is 24.6. The van der Waals surface area contributed by atoms with Gasteiger partial charge in [-0.1, -0.05) is 0 Å². The van der Waals surface area contributed by atoms with Crippen molar-refractivity contribution in [1.29, 1.82) is 0 Å². The fourth-order valence-electron chi connectivity index (χ4n) is 4.86. The van der Waals surface area contributed by atoms with Crippen LogP contribution in [-0.4, -0.2) is 53.3 Å². The third kappa shape index (κ3) is 7.60. The third-order valence-corrected chi connectivity index (χ3v) is 7.33. The van der Waals surface area contributed by atoms with E-state index in [1.807, 2.05) is 71.0 Å². The number of nitrogens with one attached hydrogen (secondary N) is 2. The van der Waals surface area contributed by atoms with E-state index in [-0.39, 0.29) is 12.1 Å². The van der Waals surface area contributed by atoms with Crippen LogP contribution in [0.4, 0.5) is 15.3 Å². The summed E-state index contributed by atoms with van der Waals surface area (Å²) in [6.07, 6.45) is 5.33. The first-order valence-electron chi connectivity index (χ1n) is 14.4. The third-order valence-electron chi connectivity index (χ3n) is 7.33. The lowest BCUT2D eigenvalue weighted by molar-refractivity contribution is 0.0165. The van der Waals surface area contributed by atoms with Crippen LogP contribution in [0.5, 0.6) is 17.2 Å². The number of pyridine rings is 1. The maximum atomic E-state index is 12.4. The van der Waals surface area contributed by atoms with Gasteiger partial charge >= 0.3 is 12.1 Å². The second-order valence-corrected chi connectivity index (χ2v) is 12.1. The number of ether oxygens (including phenoxy) is 3. The highest BCUT2D eigenvalue weighted by molar-refractivity contribution is 5.90. The second-order valence-electron chi connectivity index (χ2n) is 12.1. The Bertz CT molecular complexity index is 1420. The monoisotopic (exact) mass is 560 g/mol. The number of piperidine rings is 1. The molecule has 5 rings (SSSR count). The molecule has 2 heterocycles. The Morgan fingerprint density at radius 3 is 2.41 bits per heavy atom. The Hall–Kier alpha value is -4.01. The number of amides is 3. The lowest BCUT2D eigenvalue weighted by Gasteiger charge is -2.33. The number of fused-ring (bicyclic) bond motifs is 1. The van der Waals surface area contributed by atoms with Crippen LogP contribution in [0.3, 0.4) is 0 Å². The lowest BCUT2D eigenvalue weighted by atomic mass is 9.98. The summed E-state index contributed by atoms with van der Waals surface area (Å²) in [5.74, 6) is 2.55. The van der Waals surface area contributed by atoms with E-state index < -0.39 is 5.60 Å². The molecule has 0 unspecified atom stereocenters. The molecule has 9 heteroatoms. The van der Waals surface area contributed by atoms with E-state index in [0.29, 0.717) is 43.2 Å². The van der Waals surface area contributed by atoms with Gasteiger partial charge in [-0.15, -0.1) is 0 Å². The van der Waals surface area contributed by atoms with Crippen molar-refractivity contribution < 1.29 is 23.8 Å². The van der Waals surface area contributed by atoms with Crippen LogP contribution in [0.2, 0.25) is 0 Å². The number of hydrogen-bond acceptors (Lipinski definition) is 6. The summed E-state index contributed by atoms with van der Waals surface area (Å²) in [5.41, 5.74) is 2.96. The molecular weight excluding hydrogens is 520 g/mol. The van der Waals surface area contributed by atoms with Gasteiger partial charge in [0.05, 0.1) is 12.1 Å². The minimum atomic E-state index is -0.487. The van der Waals surface area contributed by atoms with Crippen molar-refractivity contribution in [2.24, 2.45) is 5.92 Å². The highest BCUT2D eigenvalue weighted by Crippen LogP contribution is 2.34. The molecule has 0 radical (unpaired) electrons.